The molecule has 0 spiro atoms. The van der Waals surface area contributed by atoms with E-state index in [-0.39, 0.29) is 41.5 Å². The van der Waals surface area contributed by atoms with E-state index in [1.807, 2.05) is 20.8 Å². The first kappa shape index (κ1) is 21.5. The normalized spacial score (nSPS) is 21.8. The van der Waals surface area contributed by atoms with Crippen molar-refractivity contribution in [1.82, 2.24) is 20.1 Å². The maximum atomic E-state index is 15.2. The molecule has 5 rings (SSSR count). The highest BCUT2D eigenvalue weighted by Gasteiger charge is 2.50. The van der Waals surface area contributed by atoms with Crippen LogP contribution < -0.4 is 15.0 Å². The van der Waals surface area contributed by atoms with Crippen LogP contribution in [-0.4, -0.2) is 38.3 Å². The van der Waals surface area contributed by atoms with Gasteiger partial charge in [-0.05, 0) is 37.0 Å². The van der Waals surface area contributed by atoms with E-state index in [4.69, 9.17) is 9.26 Å². The van der Waals surface area contributed by atoms with E-state index in [1.165, 1.54) is 12.4 Å². The zero-order chi connectivity index (χ0) is 23.1. The van der Waals surface area contributed by atoms with Gasteiger partial charge in [0.15, 0.2) is 11.6 Å². The van der Waals surface area contributed by atoms with E-state index in [0.717, 1.165) is 18.4 Å². The van der Waals surface area contributed by atoms with E-state index >= 15 is 4.39 Å². The van der Waals surface area contributed by atoms with Gasteiger partial charge in [0.1, 0.15) is 18.2 Å². The van der Waals surface area contributed by atoms with Crippen molar-refractivity contribution >= 4 is 17.5 Å². The van der Waals surface area contributed by atoms with Gasteiger partial charge >= 0.3 is 6.01 Å². The van der Waals surface area contributed by atoms with Crippen LogP contribution in [0.1, 0.15) is 57.3 Å². The Hall–Kier alpha value is -3.30. The summed E-state index contributed by atoms with van der Waals surface area (Å²) in [5.41, 5.74) is 0.993. The maximum Gasteiger partial charge on any atom is 0.324 e. The molecular weight excluding hydrogens is 430 g/mol. The Morgan fingerprint density at radius 3 is 2.82 bits per heavy atom. The van der Waals surface area contributed by atoms with Crippen LogP contribution in [0.25, 0.3) is 0 Å². The molecule has 4 heterocycles. The van der Waals surface area contributed by atoms with Gasteiger partial charge in [-0.2, -0.15) is 14.4 Å². The number of halogens is 2. The van der Waals surface area contributed by atoms with Gasteiger partial charge < -0.3 is 19.5 Å². The molecule has 3 atom stereocenters. The highest BCUT2D eigenvalue weighted by molar-refractivity contribution is 5.58. The number of hydrogen-bond acceptors (Lipinski definition) is 8. The van der Waals surface area contributed by atoms with E-state index in [2.05, 4.69) is 30.3 Å². The van der Waals surface area contributed by atoms with Gasteiger partial charge in [-0.3, -0.25) is 0 Å². The fourth-order valence-corrected chi connectivity index (χ4v) is 4.60. The molecular formula is C23H26F2N6O2. The van der Waals surface area contributed by atoms with E-state index in [9.17, 15) is 4.39 Å². The minimum absolute atomic E-state index is 0.0136. The SMILES string of the molecule is CCc1ccc(Nc2ncnc(O[C@H]3CC4CCC3N4c3nc(C(C)C)no3)c2F)c(F)c1. The Kier molecular flexibility index (Phi) is 5.59. The Balaban J connectivity index is 1.33. The Morgan fingerprint density at radius 1 is 1.24 bits per heavy atom. The summed E-state index contributed by atoms with van der Waals surface area (Å²) in [5, 5.41) is 6.78. The number of anilines is 3. The zero-order valence-electron chi connectivity index (χ0n) is 18.8. The minimum Gasteiger partial charge on any atom is -0.470 e. The summed E-state index contributed by atoms with van der Waals surface area (Å²) < 4.78 is 41.0. The van der Waals surface area contributed by atoms with Crippen LogP contribution >= 0.6 is 0 Å². The molecule has 10 heteroatoms. The average molecular weight is 456 g/mol. The summed E-state index contributed by atoms with van der Waals surface area (Å²) in [7, 11) is 0. The van der Waals surface area contributed by atoms with Crippen molar-refractivity contribution in [1.29, 1.82) is 0 Å². The van der Waals surface area contributed by atoms with Crippen LogP contribution in [0, 0.1) is 11.6 Å². The van der Waals surface area contributed by atoms with E-state index < -0.39 is 11.6 Å². The minimum atomic E-state index is -0.759. The van der Waals surface area contributed by atoms with E-state index in [1.54, 1.807) is 12.1 Å². The number of nitrogens with one attached hydrogen (secondary N) is 1. The molecule has 2 aliphatic heterocycles. The Morgan fingerprint density at radius 2 is 2.09 bits per heavy atom. The number of ether oxygens (including phenoxy) is 1. The second-order valence-electron chi connectivity index (χ2n) is 8.82. The first-order valence-electron chi connectivity index (χ1n) is 11.3. The predicted molar refractivity (Wildman–Crippen MR) is 118 cm³/mol. The molecule has 2 fully saturated rings. The second-order valence-corrected chi connectivity index (χ2v) is 8.82. The standard InChI is InChI=1S/C23H26F2N6O2/c1-4-13-5-7-16(15(24)9-13)28-21-19(25)22(27-11-26-21)32-18-10-14-6-8-17(18)31(14)23-29-20(12(2)3)30-33-23/h5,7,9,11-12,14,17-18H,4,6,8,10H2,1-3H3,(H,26,27,28)/t14?,17?,18-/m0/s1. The fraction of sp³-hybridized carbons (Fsp3) is 0.478. The van der Waals surface area contributed by atoms with Crippen molar-refractivity contribution in [3.8, 4) is 5.88 Å². The third-order valence-electron chi connectivity index (χ3n) is 6.36. The molecule has 0 aliphatic carbocycles. The van der Waals surface area contributed by atoms with Crippen LogP contribution in [0.2, 0.25) is 0 Å². The Labute approximate surface area is 190 Å². The molecule has 0 saturated carbocycles. The first-order chi connectivity index (χ1) is 15.9. The van der Waals surface area contributed by atoms with Gasteiger partial charge in [0.05, 0.1) is 11.7 Å². The van der Waals surface area contributed by atoms with Crippen molar-refractivity contribution in [3.63, 3.8) is 0 Å². The summed E-state index contributed by atoms with van der Waals surface area (Å²) in [6, 6.07) is 5.43. The van der Waals surface area contributed by atoms with Crippen LogP contribution in [-0.2, 0) is 6.42 Å². The smallest absolute Gasteiger partial charge is 0.324 e. The third kappa shape index (κ3) is 3.98. The first-order valence-corrected chi connectivity index (χ1v) is 11.3. The maximum absolute atomic E-state index is 15.2. The van der Waals surface area contributed by atoms with Crippen LogP contribution in [0.4, 0.5) is 26.3 Å². The van der Waals surface area contributed by atoms with Gasteiger partial charge in [0.25, 0.3) is 5.88 Å². The van der Waals surface area contributed by atoms with Crippen molar-refractivity contribution < 1.29 is 18.0 Å². The van der Waals surface area contributed by atoms with Crippen molar-refractivity contribution in [2.75, 3.05) is 10.2 Å². The lowest BCUT2D eigenvalue weighted by Crippen LogP contribution is -2.35. The molecule has 0 amide bonds. The lowest BCUT2D eigenvalue weighted by Gasteiger charge is -2.23. The summed E-state index contributed by atoms with van der Waals surface area (Å²) >= 11 is 0. The van der Waals surface area contributed by atoms with Gasteiger partial charge in [0, 0.05) is 18.4 Å². The molecule has 1 aromatic carbocycles. The predicted octanol–water partition coefficient (Wildman–Crippen LogP) is 4.76. The van der Waals surface area contributed by atoms with Gasteiger partial charge in [-0.1, -0.05) is 32.0 Å². The lowest BCUT2D eigenvalue weighted by molar-refractivity contribution is 0.157. The lowest BCUT2D eigenvalue weighted by atomic mass is 9.98. The number of nitrogens with zero attached hydrogens (tertiary/aromatic N) is 5. The van der Waals surface area contributed by atoms with Crippen molar-refractivity contribution in [3.05, 3.63) is 47.5 Å². The van der Waals surface area contributed by atoms with Gasteiger partial charge in [-0.15, -0.1) is 0 Å². The molecule has 2 aromatic heterocycles. The van der Waals surface area contributed by atoms with Crippen LogP contribution in [0.5, 0.6) is 5.88 Å². The third-order valence-corrected chi connectivity index (χ3v) is 6.36. The van der Waals surface area contributed by atoms with Gasteiger partial charge in [0.2, 0.25) is 5.82 Å². The summed E-state index contributed by atoms with van der Waals surface area (Å²) in [6.07, 6.45) is 4.19. The van der Waals surface area contributed by atoms with Crippen LogP contribution in [0.15, 0.2) is 29.0 Å². The molecule has 1 N–H and O–H groups in total. The van der Waals surface area contributed by atoms with Gasteiger partial charge in [-0.25, -0.2) is 9.37 Å². The zero-order valence-corrected chi connectivity index (χ0v) is 18.8. The quantitative estimate of drug-likeness (QED) is 0.545. The summed E-state index contributed by atoms with van der Waals surface area (Å²) in [5.74, 6) is -0.709. The molecule has 0 radical (unpaired) electrons. The largest absolute Gasteiger partial charge is 0.470 e. The topological polar surface area (TPSA) is 89.2 Å². The molecule has 2 bridgehead atoms. The van der Waals surface area contributed by atoms with E-state index in [0.29, 0.717) is 24.7 Å². The fourth-order valence-electron chi connectivity index (χ4n) is 4.60. The second kappa shape index (κ2) is 8.57. The van der Waals surface area contributed by atoms with Crippen LogP contribution in [0.3, 0.4) is 0 Å². The molecule has 2 unspecified atom stereocenters. The highest BCUT2D eigenvalue weighted by atomic mass is 19.1. The highest BCUT2D eigenvalue weighted by Crippen LogP contribution is 2.42. The monoisotopic (exact) mass is 456 g/mol. The molecule has 174 valence electrons. The molecule has 8 nitrogen and oxygen atoms in total. The van der Waals surface area contributed by atoms with Crippen molar-refractivity contribution in [2.45, 2.75) is 70.6 Å². The number of hydrogen-bond donors (Lipinski definition) is 1. The number of aromatic nitrogens is 4. The number of rotatable bonds is 7. The molecule has 2 saturated heterocycles. The molecule has 33 heavy (non-hydrogen) atoms. The Bertz CT molecular complexity index is 1150. The average Bonchev–Trinajstić information content (AvgIpc) is 3.52. The number of benzene rings is 1. The number of aryl methyl sites for hydroxylation is 1. The molecule has 3 aromatic rings. The van der Waals surface area contributed by atoms with Crippen molar-refractivity contribution in [2.24, 2.45) is 0 Å². The summed E-state index contributed by atoms with van der Waals surface area (Å²) in [4.78, 5) is 14.5. The summed E-state index contributed by atoms with van der Waals surface area (Å²) in [6.45, 7) is 5.95. The molecule has 2 aliphatic rings. The number of fused-ring (bicyclic) bond motifs is 2.